The Morgan fingerprint density at radius 3 is 2.45 bits per heavy atom. The van der Waals surface area contributed by atoms with Gasteiger partial charge in [-0.05, 0) is 25.0 Å². The molecule has 4 nitrogen and oxygen atoms in total. The molecular formula is C17H20ClNO3. The highest BCUT2D eigenvalue weighted by atomic mass is 35.5. The van der Waals surface area contributed by atoms with Crippen molar-refractivity contribution in [2.45, 2.75) is 45.4 Å². The van der Waals surface area contributed by atoms with Crippen LogP contribution in [0.2, 0.25) is 0 Å². The van der Waals surface area contributed by atoms with Crippen molar-refractivity contribution >= 4 is 28.9 Å². The van der Waals surface area contributed by atoms with Gasteiger partial charge in [0.2, 0.25) is 5.78 Å². The Bertz CT molecular complexity index is 650. The average molecular weight is 322 g/mol. The summed E-state index contributed by atoms with van der Waals surface area (Å²) in [5.41, 5.74) is 6.10. The number of benzene rings is 1. The Morgan fingerprint density at radius 1 is 1.09 bits per heavy atom. The number of aromatic hydroxyl groups is 1. The molecule has 1 aromatic carbocycles. The van der Waals surface area contributed by atoms with E-state index in [0.717, 1.165) is 32.1 Å². The molecule has 1 aromatic rings. The van der Waals surface area contributed by atoms with E-state index in [9.17, 15) is 14.7 Å². The fraction of sp³-hybridized carbons (Fsp3) is 0.412. The second-order valence-corrected chi connectivity index (χ2v) is 5.92. The number of carbonyl (C=O) groups excluding carboxylic acids is 2. The lowest BCUT2D eigenvalue weighted by Gasteiger charge is -2.19. The van der Waals surface area contributed by atoms with Crippen LogP contribution >= 0.6 is 11.6 Å². The van der Waals surface area contributed by atoms with Gasteiger partial charge in [-0.3, -0.25) is 9.59 Å². The number of Topliss-reactive ketones (excluding diaryl/α,β-unsaturated/α-hetero) is 2. The number of rotatable bonds is 6. The number of allylic oxidation sites excluding steroid dienone is 2. The molecule has 0 saturated heterocycles. The molecule has 1 aliphatic rings. The van der Waals surface area contributed by atoms with Gasteiger partial charge in [-0.15, -0.1) is 0 Å². The maximum absolute atomic E-state index is 12.6. The maximum atomic E-state index is 12.6. The van der Waals surface area contributed by atoms with Gasteiger partial charge in [0.15, 0.2) is 5.78 Å². The van der Waals surface area contributed by atoms with Crippen LogP contribution in [-0.2, 0) is 0 Å². The molecule has 0 aliphatic heterocycles. The molecule has 0 atom stereocenters. The first-order valence-electron chi connectivity index (χ1n) is 7.58. The van der Waals surface area contributed by atoms with Crippen molar-refractivity contribution in [1.82, 2.24) is 0 Å². The molecule has 3 N–H and O–H groups in total. The number of halogens is 1. The number of nitrogen functional groups attached to an aromatic ring is 1. The van der Waals surface area contributed by atoms with Crippen molar-refractivity contribution in [3.63, 3.8) is 0 Å². The van der Waals surface area contributed by atoms with E-state index in [1.807, 2.05) is 0 Å². The molecule has 0 spiro atoms. The van der Waals surface area contributed by atoms with Crippen molar-refractivity contribution in [3.8, 4) is 5.75 Å². The van der Waals surface area contributed by atoms with Gasteiger partial charge in [0.25, 0.3) is 0 Å². The van der Waals surface area contributed by atoms with Gasteiger partial charge in [0.05, 0.1) is 16.3 Å². The number of carbonyl (C=O) groups is 2. The van der Waals surface area contributed by atoms with Gasteiger partial charge in [-0.25, -0.2) is 0 Å². The van der Waals surface area contributed by atoms with Crippen molar-refractivity contribution in [2.75, 3.05) is 5.73 Å². The van der Waals surface area contributed by atoms with E-state index in [4.69, 9.17) is 17.3 Å². The molecular weight excluding hydrogens is 302 g/mol. The van der Waals surface area contributed by atoms with Crippen LogP contribution in [0.1, 0.15) is 66.2 Å². The van der Waals surface area contributed by atoms with Crippen molar-refractivity contribution in [1.29, 1.82) is 0 Å². The van der Waals surface area contributed by atoms with Gasteiger partial charge < -0.3 is 10.8 Å². The van der Waals surface area contributed by atoms with Gasteiger partial charge >= 0.3 is 0 Å². The lowest BCUT2D eigenvalue weighted by atomic mass is 9.86. The fourth-order valence-electron chi connectivity index (χ4n) is 2.66. The molecule has 0 amide bonds. The summed E-state index contributed by atoms with van der Waals surface area (Å²) < 4.78 is 0. The largest absolute Gasteiger partial charge is 0.505 e. The minimum absolute atomic E-state index is 0.0158. The normalized spacial score (nSPS) is 14.5. The first-order valence-corrected chi connectivity index (χ1v) is 7.96. The molecule has 0 aromatic heterocycles. The number of unbranched alkanes of at least 4 members (excludes halogenated alkanes) is 4. The highest BCUT2D eigenvalue weighted by molar-refractivity contribution is 6.50. The third-order valence-electron chi connectivity index (χ3n) is 3.95. The Hall–Kier alpha value is -1.81. The van der Waals surface area contributed by atoms with E-state index in [0.29, 0.717) is 6.42 Å². The highest BCUT2D eigenvalue weighted by Crippen LogP contribution is 2.38. The summed E-state index contributed by atoms with van der Waals surface area (Å²) in [6.45, 7) is 2.13. The van der Waals surface area contributed by atoms with E-state index in [1.54, 1.807) is 0 Å². The van der Waals surface area contributed by atoms with Crippen LogP contribution in [0.25, 0.3) is 0 Å². The number of fused-ring (bicyclic) bond motifs is 1. The molecule has 1 aliphatic carbocycles. The highest BCUT2D eigenvalue weighted by Gasteiger charge is 2.33. The van der Waals surface area contributed by atoms with Crippen molar-refractivity contribution in [2.24, 2.45) is 0 Å². The number of nitrogens with two attached hydrogens (primary N) is 1. The zero-order chi connectivity index (χ0) is 16.3. The van der Waals surface area contributed by atoms with Gasteiger partial charge in [0.1, 0.15) is 5.75 Å². The smallest absolute Gasteiger partial charge is 0.205 e. The minimum atomic E-state index is -0.421. The fourth-order valence-corrected chi connectivity index (χ4v) is 2.94. The second-order valence-electron chi connectivity index (χ2n) is 5.54. The third-order valence-corrected chi connectivity index (χ3v) is 4.35. The van der Waals surface area contributed by atoms with Crippen molar-refractivity contribution in [3.05, 3.63) is 33.9 Å². The SMILES string of the molecule is CCCCCCCC1=C(Cl)C(=O)c2ccc(N)c(O)c2C1=O. The monoisotopic (exact) mass is 321 g/mol. The summed E-state index contributed by atoms with van der Waals surface area (Å²) >= 11 is 6.08. The zero-order valence-corrected chi connectivity index (χ0v) is 13.4. The van der Waals surface area contributed by atoms with E-state index >= 15 is 0 Å². The molecule has 0 heterocycles. The third kappa shape index (κ3) is 3.02. The number of hydrogen-bond donors (Lipinski definition) is 2. The Balaban J connectivity index is 2.25. The van der Waals surface area contributed by atoms with E-state index < -0.39 is 5.78 Å². The summed E-state index contributed by atoms with van der Waals surface area (Å²) in [6, 6.07) is 2.84. The van der Waals surface area contributed by atoms with Gasteiger partial charge in [0, 0.05) is 11.1 Å². The van der Waals surface area contributed by atoms with Crippen LogP contribution in [0.15, 0.2) is 22.7 Å². The van der Waals surface area contributed by atoms with Crippen LogP contribution in [-0.4, -0.2) is 16.7 Å². The summed E-state index contributed by atoms with van der Waals surface area (Å²) in [7, 11) is 0. The first kappa shape index (κ1) is 16.6. The predicted molar refractivity (Wildman–Crippen MR) is 87.4 cm³/mol. The molecule has 5 heteroatoms. The number of phenolic OH excluding ortho intramolecular Hbond substituents is 1. The first-order chi connectivity index (χ1) is 10.5. The summed E-state index contributed by atoms with van der Waals surface area (Å²) in [5, 5.41) is 9.98. The van der Waals surface area contributed by atoms with E-state index in [-0.39, 0.29) is 39.0 Å². The van der Waals surface area contributed by atoms with Crippen LogP contribution in [0.5, 0.6) is 5.75 Å². The average Bonchev–Trinajstić information content (AvgIpc) is 2.50. The zero-order valence-electron chi connectivity index (χ0n) is 12.6. The summed E-state index contributed by atoms with van der Waals surface area (Å²) in [6.07, 6.45) is 5.61. The van der Waals surface area contributed by atoms with E-state index in [2.05, 4.69) is 6.92 Å². The lowest BCUT2D eigenvalue weighted by molar-refractivity contribution is 0.0975. The van der Waals surface area contributed by atoms with Crippen molar-refractivity contribution < 1.29 is 14.7 Å². The molecule has 0 radical (unpaired) electrons. The van der Waals surface area contributed by atoms with Gasteiger partial charge in [-0.2, -0.15) is 0 Å². The number of ketones is 2. The Kier molecular flexibility index (Phi) is 5.24. The quantitative estimate of drug-likeness (QED) is 0.467. The van der Waals surface area contributed by atoms with Crippen LogP contribution in [0.3, 0.4) is 0 Å². The molecule has 0 fully saturated rings. The van der Waals surface area contributed by atoms with Crippen LogP contribution < -0.4 is 5.73 Å². The van der Waals surface area contributed by atoms with Crippen LogP contribution in [0, 0.1) is 0 Å². The lowest BCUT2D eigenvalue weighted by Crippen LogP contribution is -2.20. The van der Waals surface area contributed by atoms with Gasteiger partial charge in [-0.1, -0.05) is 44.2 Å². The maximum Gasteiger partial charge on any atom is 0.205 e. The molecule has 118 valence electrons. The Labute approximate surface area is 135 Å². The molecule has 22 heavy (non-hydrogen) atoms. The van der Waals surface area contributed by atoms with E-state index in [1.165, 1.54) is 12.1 Å². The molecule has 0 unspecified atom stereocenters. The number of phenols is 1. The molecule has 0 saturated carbocycles. The Morgan fingerprint density at radius 2 is 1.77 bits per heavy atom. The standard InChI is InChI=1S/C17H20ClNO3/c1-2-3-4-5-6-7-11-14(18)16(21)10-8-9-12(19)17(22)13(10)15(11)20/h8-9,22H,2-7,19H2,1H3. The topological polar surface area (TPSA) is 80.4 Å². The number of anilines is 1. The summed E-state index contributed by atoms with van der Waals surface area (Å²) in [4.78, 5) is 24.8. The summed E-state index contributed by atoms with van der Waals surface area (Å²) in [5.74, 6) is -1.14. The molecule has 0 bridgehead atoms. The predicted octanol–water partition coefficient (Wildman–Crippen LogP) is 4.21. The number of hydrogen-bond acceptors (Lipinski definition) is 4. The minimum Gasteiger partial charge on any atom is -0.505 e. The van der Waals surface area contributed by atoms with Crippen LogP contribution in [0.4, 0.5) is 5.69 Å². The second kappa shape index (κ2) is 6.97. The molecule has 2 rings (SSSR count).